The minimum Gasteiger partial charge on any atom is -0.476 e. The van der Waals surface area contributed by atoms with Gasteiger partial charge in [0.25, 0.3) is 5.91 Å². The summed E-state index contributed by atoms with van der Waals surface area (Å²) in [6.07, 6.45) is 7.10. The third-order valence-electron chi connectivity index (χ3n) is 4.83. The molecule has 1 unspecified atom stereocenters. The first kappa shape index (κ1) is 15.4. The van der Waals surface area contributed by atoms with E-state index in [-0.39, 0.29) is 12.0 Å². The molecule has 4 rings (SSSR count). The van der Waals surface area contributed by atoms with Crippen molar-refractivity contribution in [3.63, 3.8) is 0 Å². The van der Waals surface area contributed by atoms with Gasteiger partial charge in [0.2, 0.25) is 5.88 Å². The van der Waals surface area contributed by atoms with Gasteiger partial charge < -0.3 is 14.4 Å². The van der Waals surface area contributed by atoms with Crippen molar-refractivity contribution in [1.29, 1.82) is 0 Å². The highest BCUT2D eigenvalue weighted by Gasteiger charge is 2.30. The van der Waals surface area contributed by atoms with E-state index < -0.39 is 0 Å². The number of imidazole rings is 1. The Morgan fingerprint density at radius 2 is 2.17 bits per heavy atom. The maximum absolute atomic E-state index is 12.3. The molecule has 0 aliphatic carbocycles. The van der Waals surface area contributed by atoms with E-state index in [0.717, 1.165) is 51.0 Å². The fourth-order valence-corrected chi connectivity index (χ4v) is 3.37. The molecule has 7 heteroatoms. The average Bonchev–Trinajstić information content (AvgIpc) is 3.31. The molecular formula is C17H22N4O3. The van der Waals surface area contributed by atoms with Crippen LogP contribution in [0.25, 0.3) is 5.65 Å². The summed E-state index contributed by atoms with van der Waals surface area (Å²) in [5, 5.41) is 4.37. The van der Waals surface area contributed by atoms with Crippen LogP contribution in [0, 0.1) is 5.92 Å². The molecule has 2 aromatic heterocycles. The van der Waals surface area contributed by atoms with Crippen LogP contribution in [-0.2, 0) is 9.53 Å². The highest BCUT2D eigenvalue weighted by molar-refractivity contribution is 5.81. The van der Waals surface area contributed by atoms with Gasteiger partial charge in [0.05, 0.1) is 6.61 Å². The summed E-state index contributed by atoms with van der Waals surface area (Å²) in [5.41, 5.74) is 0.809. The van der Waals surface area contributed by atoms with Crippen LogP contribution in [0.5, 0.6) is 5.88 Å². The predicted octanol–water partition coefficient (Wildman–Crippen LogP) is 1.53. The van der Waals surface area contributed by atoms with Crippen LogP contribution < -0.4 is 4.74 Å². The van der Waals surface area contributed by atoms with E-state index in [1.54, 1.807) is 16.9 Å². The van der Waals surface area contributed by atoms with Crippen molar-refractivity contribution >= 4 is 11.6 Å². The van der Waals surface area contributed by atoms with Gasteiger partial charge in [-0.25, -0.2) is 9.50 Å². The van der Waals surface area contributed by atoms with Gasteiger partial charge in [0, 0.05) is 38.2 Å². The lowest BCUT2D eigenvalue weighted by molar-refractivity contribution is -0.142. The molecule has 2 aromatic rings. The first-order chi connectivity index (χ1) is 11.8. The van der Waals surface area contributed by atoms with Crippen LogP contribution in [0.3, 0.4) is 0 Å². The van der Waals surface area contributed by atoms with Crippen LogP contribution in [0.2, 0.25) is 0 Å². The van der Waals surface area contributed by atoms with Crippen molar-refractivity contribution in [1.82, 2.24) is 19.5 Å². The zero-order valence-electron chi connectivity index (χ0n) is 13.6. The number of amides is 1. The van der Waals surface area contributed by atoms with Crippen molar-refractivity contribution in [3.8, 4) is 5.88 Å². The molecule has 2 aliphatic rings. The van der Waals surface area contributed by atoms with Crippen LogP contribution in [-0.4, -0.2) is 57.8 Å². The lowest BCUT2D eigenvalue weighted by atomic mass is 9.97. The fraction of sp³-hybridized carbons (Fsp3) is 0.588. The summed E-state index contributed by atoms with van der Waals surface area (Å²) >= 11 is 0. The molecule has 0 N–H and O–H groups in total. The van der Waals surface area contributed by atoms with Crippen LogP contribution in [0.15, 0.2) is 24.5 Å². The lowest BCUT2D eigenvalue weighted by Crippen LogP contribution is -2.44. The number of nitrogens with zero attached hydrogens (tertiary/aromatic N) is 4. The molecule has 2 saturated heterocycles. The molecule has 128 valence electrons. The topological polar surface area (TPSA) is 69.0 Å². The number of hydrogen-bond donors (Lipinski definition) is 0. The second-order valence-electron chi connectivity index (χ2n) is 6.48. The summed E-state index contributed by atoms with van der Waals surface area (Å²) in [7, 11) is 0. The van der Waals surface area contributed by atoms with Crippen LogP contribution in [0.4, 0.5) is 0 Å². The Kier molecular flexibility index (Phi) is 4.34. The van der Waals surface area contributed by atoms with Gasteiger partial charge in [-0.05, 0) is 37.7 Å². The second kappa shape index (κ2) is 6.76. The number of rotatable bonds is 4. The number of likely N-dealkylation sites (tertiary alicyclic amines) is 1. The summed E-state index contributed by atoms with van der Waals surface area (Å²) in [6, 6.07) is 3.74. The number of carbonyl (C=O) groups is 1. The number of hydrogen-bond acceptors (Lipinski definition) is 5. The van der Waals surface area contributed by atoms with E-state index >= 15 is 0 Å². The summed E-state index contributed by atoms with van der Waals surface area (Å²) in [5.74, 6) is 1.23. The zero-order valence-corrected chi connectivity index (χ0v) is 13.6. The van der Waals surface area contributed by atoms with Gasteiger partial charge in [-0.1, -0.05) is 0 Å². The minimum atomic E-state index is -0.205. The highest BCUT2D eigenvalue weighted by atomic mass is 16.5. The molecule has 0 aromatic carbocycles. The van der Waals surface area contributed by atoms with Crippen molar-refractivity contribution in [2.75, 3.05) is 26.3 Å². The normalized spacial score (nSPS) is 22.2. The Bertz CT molecular complexity index is 703. The van der Waals surface area contributed by atoms with Crippen LogP contribution >= 0.6 is 0 Å². The molecule has 4 heterocycles. The van der Waals surface area contributed by atoms with E-state index in [0.29, 0.717) is 18.4 Å². The minimum absolute atomic E-state index is 0.166. The largest absolute Gasteiger partial charge is 0.476 e. The molecule has 1 amide bonds. The van der Waals surface area contributed by atoms with E-state index in [1.165, 1.54) is 0 Å². The third-order valence-corrected chi connectivity index (χ3v) is 4.83. The number of fused-ring (bicyclic) bond motifs is 1. The number of aromatic nitrogens is 3. The molecule has 0 saturated carbocycles. The molecule has 0 radical (unpaired) electrons. The molecule has 0 bridgehead atoms. The van der Waals surface area contributed by atoms with Gasteiger partial charge in [-0.3, -0.25) is 4.79 Å². The third kappa shape index (κ3) is 3.21. The number of carbonyl (C=O) groups excluding carboxylic acids is 1. The van der Waals surface area contributed by atoms with Crippen LogP contribution in [0.1, 0.15) is 25.7 Å². The molecule has 1 atom stereocenters. The van der Waals surface area contributed by atoms with E-state index in [9.17, 15) is 4.79 Å². The Hall–Kier alpha value is -2.15. The van der Waals surface area contributed by atoms with Crippen molar-refractivity contribution in [2.24, 2.45) is 5.92 Å². The lowest BCUT2D eigenvalue weighted by Gasteiger charge is -2.33. The quantitative estimate of drug-likeness (QED) is 0.850. The number of ether oxygens (including phenoxy) is 2. The summed E-state index contributed by atoms with van der Waals surface area (Å²) in [6.45, 7) is 2.94. The SMILES string of the molecule is O=C(C1CCCO1)N1CCC(COc2ccc3nccn3n2)CC1. The molecule has 24 heavy (non-hydrogen) atoms. The molecule has 2 fully saturated rings. The fourth-order valence-electron chi connectivity index (χ4n) is 3.37. The maximum atomic E-state index is 12.3. The van der Waals surface area contributed by atoms with Gasteiger partial charge >= 0.3 is 0 Å². The first-order valence-electron chi connectivity index (χ1n) is 8.63. The van der Waals surface area contributed by atoms with E-state index in [4.69, 9.17) is 9.47 Å². The highest BCUT2D eigenvalue weighted by Crippen LogP contribution is 2.22. The second-order valence-corrected chi connectivity index (χ2v) is 6.48. The maximum Gasteiger partial charge on any atom is 0.251 e. The van der Waals surface area contributed by atoms with Gasteiger partial charge in [0.15, 0.2) is 5.65 Å². The summed E-state index contributed by atoms with van der Waals surface area (Å²) < 4.78 is 13.0. The molecule has 7 nitrogen and oxygen atoms in total. The Labute approximate surface area is 140 Å². The Morgan fingerprint density at radius 3 is 2.96 bits per heavy atom. The van der Waals surface area contributed by atoms with Crippen molar-refractivity contribution in [3.05, 3.63) is 24.5 Å². The molecule has 0 spiro atoms. The van der Waals surface area contributed by atoms with E-state index in [1.807, 2.05) is 17.0 Å². The van der Waals surface area contributed by atoms with Crippen molar-refractivity contribution < 1.29 is 14.3 Å². The van der Waals surface area contributed by atoms with Crippen molar-refractivity contribution in [2.45, 2.75) is 31.8 Å². The monoisotopic (exact) mass is 330 g/mol. The number of piperidine rings is 1. The molecular weight excluding hydrogens is 308 g/mol. The van der Waals surface area contributed by atoms with Gasteiger partial charge in [0.1, 0.15) is 6.10 Å². The van der Waals surface area contributed by atoms with E-state index in [2.05, 4.69) is 10.1 Å². The smallest absolute Gasteiger partial charge is 0.251 e. The Morgan fingerprint density at radius 1 is 1.29 bits per heavy atom. The zero-order chi connectivity index (χ0) is 16.4. The molecule has 2 aliphatic heterocycles. The van der Waals surface area contributed by atoms with Gasteiger partial charge in [-0.15, -0.1) is 5.10 Å². The Balaban J connectivity index is 1.26. The van der Waals surface area contributed by atoms with Gasteiger partial charge in [-0.2, -0.15) is 0 Å². The standard InChI is InChI=1S/C17H22N4O3/c22-17(14-2-1-11-23-14)20-8-5-13(6-9-20)12-24-16-4-3-15-18-7-10-21(15)19-16/h3-4,7,10,13-14H,1-2,5-6,8-9,11-12H2. The first-order valence-corrected chi connectivity index (χ1v) is 8.63. The average molecular weight is 330 g/mol. The summed E-state index contributed by atoms with van der Waals surface area (Å²) in [4.78, 5) is 18.4. The predicted molar refractivity (Wildman–Crippen MR) is 86.8 cm³/mol.